The summed E-state index contributed by atoms with van der Waals surface area (Å²) < 4.78 is 0. The Bertz CT molecular complexity index is 623. The number of benzene rings is 2. The lowest BCUT2D eigenvalue weighted by atomic mass is 10.1. The van der Waals surface area contributed by atoms with Gasteiger partial charge in [0.2, 0.25) is 0 Å². The molecule has 2 nitrogen and oxygen atoms in total. The predicted octanol–water partition coefficient (Wildman–Crippen LogP) is 4.51. The highest BCUT2D eigenvalue weighted by Gasteiger charge is 2.19. The number of para-hydroxylation sites is 2. The highest BCUT2D eigenvalue weighted by molar-refractivity contribution is 5.88. The van der Waals surface area contributed by atoms with Gasteiger partial charge in [-0.25, -0.2) is 0 Å². The lowest BCUT2D eigenvalue weighted by Gasteiger charge is -2.30. The van der Waals surface area contributed by atoms with Gasteiger partial charge in [-0.05, 0) is 43.3 Å². The molecule has 1 unspecified atom stereocenters. The molecule has 1 aliphatic heterocycles. The number of rotatable bonds is 4. The Morgan fingerprint density at radius 1 is 0.864 bits per heavy atom. The SMILES string of the molecule is CC(CN(C)C)CN1c2ccccc2C=Cc2ccccc21. The molecular formula is C20H24N2. The molecule has 2 heteroatoms. The minimum atomic E-state index is 0.592. The van der Waals surface area contributed by atoms with Crippen LogP contribution in [-0.4, -0.2) is 32.1 Å². The van der Waals surface area contributed by atoms with Crippen molar-refractivity contribution in [2.45, 2.75) is 6.92 Å². The fourth-order valence-electron chi connectivity index (χ4n) is 3.25. The molecule has 22 heavy (non-hydrogen) atoms. The van der Waals surface area contributed by atoms with Crippen LogP contribution in [0.2, 0.25) is 0 Å². The molecule has 0 radical (unpaired) electrons. The van der Waals surface area contributed by atoms with Gasteiger partial charge in [-0.1, -0.05) is 55.5 Å². The zero-order valence-corrected chi connectivity index (χ0v) is 13.7. The summed E-state index contributed by atoms with van der Waals surface area (Å²) in [5.41, 5.74) is 5.18. The molecule has 1 atom stereocenters. The molecule has 0 N–H and O–H groups in total. The maximum atomic E-state index is 2.47. The van der Waals surface area contributed by atoms with Gasteiger partial charge in [-0.15, -0.1) is 0 Å². The highest BCUT2D eigenvalue weighted by atomic mass is 15.2. The lowest BCUT2D eigenvalue weighted by Crippen LogP contribution is -2.30. The third-order valence-corrected chi connectivity index (χ3v) is 4.07. The summed E-state index contributed by atoms with van der Waals surface area (Å²) in [5, 5.41) is 0. The molecule has 0 saturated carbocycles. The van der Waals surface area contributed by atoms with Crippen LogP contribution in [0.25, 0.3) is 12.2 Å². The maximum absolute atomic E-state index is 2.47. The van der Waals surface area contributed by atoms with E-state index in [4.69, 9.17) is 0 Å². The monoisotopic (exact) mass is 292 g/mol. The van der Waals surface area contributed by atoms with Crippen LogP contribution in [-0.2, 0) is 0 Å². The zero-order chi connectivity index (χ0) is 15.5. The van der Waals surface area contributed by atoms with Crippen LogP contribution < -0.4 is 4.90 Å². The van der Waals surface area contributed by atoms with Gasteiger partial charge in [0, 0.05) is 24.5 Å². The average molecular weight is 292 g/mol. The topological polar surface area (TPSA) is 6.48 Å². The quantitative estimate of drug-likeness (QED) is 0.818. The van der Waals surface area contributed by atoms with Gasteiger partial charge in [0.25, 0.3) is 0 Å². The van der Waals surface area contributed by atoms with E-state index >= 15 is 0 Å². The second-order valence-corrected chi connectivity index (χ2v) is 6.43. The van der Waals surface area contributed by atoms with Crippen molar-refractivity contribution < 1.29 is 0 Å². The Kier molecular flexibility index (Phi) is 4.30. The molecule has 0 amide bonds. The van der Waals surface area contributed by atoms with Crippen molar-refractivity contribution in [1.82, 2.24) is 4.90 Å². The predicted molar refractivity (Wildman–Crippen MR) is 96.5 cm³/mol. The van der Waals surface area contributed by atoms with Gasteiger partial charge in [0.15, 0.2) is 0 Å². The minimum Gasteiger partial charge on any atom is -0.340 e. The fourth-order valence-corrected chi connectivity index (χ4v) is 3.25. The summed E-state index contributed by atoms with van der Waals surface area (Å²) in [6.45, 7) is 4.44. The number of nitrogens with zero attached hydrogens (tertiary/aromatic N) is 2. The van der Waals surface area contributed by atoms with E-state index in [2.05, 4.69) is 91.5 Å². The van der Waals surface area contributed by atoms with Crippen LogP contribution in [0.15, 0.2) is 48.5 Å². The molecular weight excluding hydrogens is 268 g/mol. The summed E-state index contributed by atoms with van der Waals surface area (Å²) in [4.78, 5) is 4.73. The molecule has 0 fully saturated rings. The Morgan fingerprint density at radius 3 is 1.86 bits per heavy atom. The second-order valence-electron chi connectivity index (χ2n) is 6.43. The van der Waals surface area contributed by atoms with E-state index in [1.807, 2.05) is 0 Å². The first-order chi connectivity index (χ1) is 10.6. The third kappa shape index (κ3) is 3.07. The Balaban J connectivity index is 2.01. The van der Waals surface area contributed by atoms with Gasteiger partial charge >= 0.3 is 0 Å². The van der Waals surface area contributed by atoms with Crippen molar-refractivity contribution in [3.05, 3.63) is 59.7 Å². The average Bonchev–Trinajstić information content (AvgIpc) is 2.65. The van der Waals surface area contributed by atoms with Crippen molar-refractivity contribution in [2.75, 3.05) is 32.1 Å². The van der Waals surface area contributed by atoms with Gasteiger partial charge in [-0.2, -0.15) is 0 Å². The molecule has 2 aromatic carbocycles. The van der Waals surface area contributed by atoms with Crippen molar-refractivity contribution in [3.8, 4) is 0 Å². The second kappa shape index (κ2) is 6.37. The number of fused-ring (bicyclic) bond motifs is 2. The van der Waals surface area contributed by atoms with E-state index in [0.717, 1.165) is 13.1 Å². The van der Waals surface area contributed by atoms with Gasteiger partial charge in [-0.3, -0.25) is 0 Å². The highest BCUT2D eigenvalue weighted by Crippen LogP contribution is 2.36. The fraction of sp³-hybridized carbons (Fsp3) is 0.300. The molecule has 0 aliphatic carbocycles. The van der Waals surface area contributed by atoms with Crippen molar-refractivity contribution in [3.63, 3.8) is 0 Å². The zero-order valence-electron chi connectivity index (χ0n) is 13.7. The van der Waals surface area contributed by atoms with E-state index in [-0.39, 0.29) is 0 Å². The van der Waals surface area contributed by atoms with Gasteiger partial charge < -0.3 is 9.80 Å². The van der Waals surface area contributed by atoms with Gasteiger partial charge in [0.1, 0.15) is 0 Å². The molecule has 1 aliphatic rings. The number of hydrogen-bond acceptors (Lipinski definition) is 2. The van der Waals surface area contributed by atoms with Crippen LogP contribution in [0.5, 0.6) is 0 Å². The summed E-state index contributed by atoms with van der Waals surface area (Å²) in [5.74, 6) is 0.592. The maximum Gasteiger partial charge on any atom is 0.0484 e. The Hall–Kier alpha value is -2.06. The number of hydrogen-bond donors (Lipinski definition) is 0. The van der Waals surface area contributed by atoms with E-state index in [0.29, 0.717) is 5.92 Å². The number of anilines is 2. The summed E-state index contributed by atoms with van der Waals surface area (Å²) >= 11 is 0. The molecule has 1 heterocycles. The molecule has 2 aromatic rings. The molecule has 0 spiro atoms. The molecule has 114 valence electrons. The Labute approximate surface area is 133 Å². The minimum absolute atomic E-state index is 0.592. The summed E-state index contributed by atoms with van der Waals surface area (Å²) in [6.07, 6.45) is 4.45. The molecule has 0 saturated heterocycles. The van der Waals surface area contributed by atoms with Crippen molar-refractivity contribution >= 4 is 23.5 Å². The van der Waals surface area contributed by atoms with Crippen LogP contribution >= 0.6 is 0 Å². The van der Waals surface area contributed by atoms with Crippen molar-refractivity contribution in [1.29, 1.82) is 0 Å². The van der Waals surface area contributed by atoms with Crippen LogP contribution in [0.4, 0.5) is 11.4 Å². The smallest absolute Gasteiger partial charge is 0.0484 e. The van der Waals surface area contributed by atoms with Gasteiger partial charge in [0.05, 0.1) is 0 Å². The first-order valence-corrected chi connectivity index (χ1v) is 7.93. The molecule has 0 aromatic heterocycles. The summed E-state index contributed by atoms with van der Waals surface area (Å²) in [6, 6.07) is 17.3. The third-order valence-electron chi connectivity index (χ3n) is 4.07. The lowest BCUT2D eigenvalue weighted by molar-refractivity contribution is 0.343. The van der Waals surface area contributed by atoms with E-state index < -0.39 is 0 Å². The molecule has 3 rings (SSSR count). The van der Waals surface area contributed by atoms with Crippen LogP contribution in [0.3, 0.4) is 0 Å². The van der Waals surface area contributed by atoms with E-state index in [1.165, 1.54) is 22.5 Å². The normalized spacial score (nSPS) is 14.5. The summed E-state index contributed by atoms with van der Waals surface area (Å²) in [7, 11) is 4.28. The first-order valence-electron chi connectivity index (χ1n) is 7.93. The van der Waals surface area contributed by atoms with E-state index in [9.17, 15) is 0 Å². The first kappa shape index (κ1) is 14.9. The van der Waals surface area contributed by atoms with Crippen molar-refractivity contribution in [2.24, 2.45) is 5.92 Å². The van der Waals surface area contributed by atoms with E-state index in [1.54, 1.807) is 0 Å². The Morgan fingerprint density at radius 2 is 1.36 bits per heavy atom. The largest absolute Gasteiger partial charge is 0.340 e. The van der Waals surface area contributed by atoms with Crippen LogP contribution in [0.1, 0.15) is 18.1 Å². The standard InChI is InChI=1S/C20H24N2/c1-16(14-21(2)3)15-22-19-10-6-4-8-17(19)12-13-18-9-5-7-11-20(18)22/h4-13,16H,14-15H2,1-3H3. The van der Waals surface area contributed by atoms with Crippen LogP contribution in [0, 0.1) is 5.92 Å². The molecule has 0 bridgehead atoms.